The molecule has 0 heterocycles. The van der Waals surface area contributed by atoms with Crippen molar-refractivity contribution in [2.24, 2.45) is 0 Å². The van der Waals surface area contributed by atoms with Crippen LogP contribution in [-0.2, 0) is 14.8 Å². The van der Waals surface area contributed by atoms with Crippen molar-refractivity contribution >= 4 is 62.3 Å². The molecule has 3 aromatic carbocycles. The molecule has 0 aromatic heterocycles. The molecule has 172 valence electrons. The zero-order valence-corrected chi connectivity index (χ0v) is 20.3. The van der Waals surface area contributed by atoms with Crippen molar-refractivity contribution < 1.29 is 22.9 Å². The van der Waals surface area contributed by atoms with Gasteiger partial charge in [0.15, 0.2) is 0 Å². The lowest BCUT2D eigenvalue weighted by molar-refractivity contribution is -0.388. The summed E-state index contributed by atoms with van der Waals surface area (Å²) in [4.78, 5) is 23.5. The summed E-state index contributed by atoms with van der Waals surface area (Å²) in [5.41, 5.74) is 0.315. The number of hydrogen-bond donors (Lipinski definition) is 1. The second kappa shape index (κ2) is 10.0. The third-order valence-corrected chi connectivity index (χ3v) is 7.54. The van der Waals surface area contributed by atoms with Crippen molar-refractivity contribution in [1.82, 2.24) is 0 Å². The van der Waals surface area contributed by atoms with Crippen LogP contribution in [0.3, 0.4) is 0 Å². The number of esters is 1. The van der Waals surface area contributed by atoms with Crippen LogP contribution in [0.1, 0.15) is 15.9 Å². The number of methoxy groups -OCH3 is 1. The monoisotopic (exact) mass is 526 g/mol. The van der Waals surface area contributed by atoms with Crippen LogP contribution in [-0.4, -0.2) is 26.4 Å². The Morgan fingerprint density at radius 2 is 1.79 bits per heavy atom. The number of anilines is 1. The number of halogens is 2. The van der Waals surface area contributed by atoms with Crippen LogP contribution in [0.2, 0.25) is 10.0 Å². The Morgan fingerprint density at radius 3 is 2.42 bits per heavy atom. The smallest absolute Gasteiger partial charge is 0.340 e. The fraction of sp³-hybridized carbons (Fsp3) is 0.0952. The quantitative estimate of drug-likeness (QED) is 0.229. The summed E-state index contributed by atoms with van der Waals surface area (Å²) < 4.78 is 32.9. The van der Waals surface area contributed by atoms with E-state index in [1.807, 2.05) is 0 Å². The van der Waals surface area contributed by atoms with E-state index in [0.717, 1.165) is 23.4 Å². The van der Waals surface area contributed by atoms with Gasteiger partial charge in [-0.05, 0) is 49.4 Å². The lowest BCUT2D eigenvalue weighted by Crippen LogP contribution is -2.16. The molecule has 0 aliphatic heterocycles. The maximum absolute atomic E-state index is 13.0. The van der Waals surface area contributed by atoms with Crippen molar-refractivity contribution in [2.45, 2.75) is 21.6 Å². The maximum atomic E-state index is 13.0. The molecule has 0 radical (unpaired) electrons. The van der Waals surface area contributed by atoms with E-state index < -0.39 is 26.6 Å². The summed E-state index contributed by atoms with van der Waals surface area (Å²) in [6.45, 7) is 1.73. The molecule has 0 saturated heterocycles. The van der Waals surface area contributed by atoms with Gasteiger partial charge >= 0.3 is 5.97 Å². The average molecular weight is 527 g/mol. The number of sulfonamides is 1. The molecule has 8 nitrogen and oxygen atoms in total. The van der Waals surface area contributed by atoms with Crippen molar-refractivity contribution in [2.75, 3.05) is 11.8 Å². The van der Waals surface area contributed by atoms with Crippen molar-refractivity contribution in [1.29, 1.82) is 0 Å². The number of ether oxygens (including phenoxy) is 1. The number of aryl methyl sites for hydroxylation is 1. The highest BCUT2D eigenvalue weighted by atomic mass is 35.5. The summed E-state index contributed by atoms with van der Waals surface area (Å²) in [5.74, 6) is -0.726. The van der Waals surface area contributed by atoms with Crippen molar-refractivity contribution in [3.05, 3.63) is 85.9 Å². The van der Waals surface area contributed by atoms with Crippen molar-refractivity contribution in [3.8, 4) is 0 Å². The fourth-order valence-electron chi connectivity index (χ4n) is 2.79. The molecular formula is C21H16Cl2N2O6S2. The van der Waals surface area contributed by atoms with Crippen LogP contribution >= 0.6 is 35.0 Å². The fourth-order valence-corrected chi connectivity index (χ4v) is 5.19. The zero-order valence-electron chi connectivity index (χ0n) is 17.2. The Hall–Kier alpha value is -2.79. The van der Waals surface area contributed by atoms with Crippen LogP contribution in [0.5, 0.6) is 0 Å². The van der Waals surface area contributed by atoms with E-state index in [9.17, 15) is 23.3 Å². The van der Waals surface area contributed by atoms with E-state index >= 15 is 0 Å². The molecule has 33 heavy (non-hydrogen) atoms. The number of benzene rings is 3. The molecule has 0 fully saturated rings. The van der Waals surface area contributed by atoms with E-state index in [4.69, 9.17) is 27.9 Å². The lowest BCUT2D eigenvalue weighted by Gasteiger charge is -2.13. The van der Waals surface area contributed by atoms with Gasteiger partial charge in [0.1, 0.15) is 0 Å². The number of nitrogens with zero attached hydrogens (tertiary/aromatic N) is 1. The highest BCUT2D eigenvalue weighted by Crippen LogP contribution is 2.38. The van der Waals surface area contributed by atoms with E-state index in [1.54, 1.807) is 31.2 Å². The zero-order chi connectivity index (χ0) is 24.3. The normalized spacial score (nSPS) is 11.2. The predicted octanol–water partition coefficient (Wildman–Crippen LogP) is 5.95. The number of rotatable bonds is 7. The van der Waals surface area contributed by atoms with Gasteiger partial charge in [0.2, 0.25) is 0 Å². The highest BCUT2D eigenvalue weighted by Gasteiger charge is 2.24. The van der Waals surface area contributed by atoms with Gasteiger partial charge in [-0.3, -0.25) is 14.8 Å². The van der Waals surface area contributed by atoms with Crippen LogP contribution in [0.15, 0.2) is 69.3 Å². The Labute approximate surface area is 204 Å². The molecule has 0 spiro atoms. The number of nitro benzene ring substituents is 1. The number of carbonyl (C=O) groups excluding carboxylic acids is 1. The first-order valence-electron chi connectivity index (χ1n) is 9.15. The molecule has 1 N–H and O–H groups in total. The first kappa shape index (κ1) is 24.8. The molecule has 0 atom stereocenters. The summed E-state index contributed by atoms with van der Waals surface area (Å²) in [6, 6.07) is 12.8. The summed E-state index contributed by atoms with van der Waals surface area (Å²) >= 11 is 12.9. The van der Waals surface area contributed by atoms with Gasteiger partial charge in [0, 0.05) is 11.0 Å². The number of hydrogen-bond acceptors (Lipinski definition) is 7. The molecule has 12 heteroatoms. The number of nitrogens with one attached hydrogen (secondary N) is 1. The molecule has 0 amide bonds. The number of carbonyl (C=O) groups is 1. The number of nitro groups is 1. The lowest BCUT2D eigenvalue weighted by atomic mass is 10.1. The average Bonchev–Trinajstić information content (AvgIpc) is 2.76. The van der Waals surface area contributed by atoms with E-state index in [2.05, 4.69) is 4.72 Å². The molecule has 0 bridgehead atoms. The van der Waals surface area contributed by atoms with Gasteiger partial charge < -0.3 is 4.74 Å². The van der Waals surface area contributed by atoms with E-state index in [-0.39, 0.29) is 26.1 Å². The van der Waals surface area contributed by atoms with Gasteiger partial charge in [-0.2, -0.15) is 0 Å². The van der Waals surface area contributed by atoms with E-state index in [1.165, 1.54) is 31.4 Å². The van der Waals surface area contributed by atoms with Gasteiger partial charge in [-0.15, -0.1) is 0 Å². The van der Waals surface area contributed by atoms with Crippen LogP contribution in [0.4, 0.5) is 11.4 Å². The highest BCUT2D eigenvalue weighted by molar-refractivity contribution is 7.99. The molecule has 3 rings (SSSR count). The molecule has 0 aliphatic carbocycles. The second-order valence-electron chi connectivity index (χ2n) is 6.71. The Morgan fingerprint density at radius 1 is 1.06 bits per heavy atom. The van der Waals surface area contributed by atoms with Gasteiger partial charge in [0.05, 0.1) is 43.1 Å². The van der Waals surface area contributed by atoms with Gasteiger partial charge in [-0.25, -0.2) is 13.2 Å². The Balaban J connectivity index is 1.98. The third-order valence-electron chi connectivity index (χ3n) is 4.38. The van der Waals surface area contributed by atoms with Gasteiger partial charge in [0.25, 0.3) is 15.7 Å². The molecule has 0 unspecified atom stereocenters. The van der Waals surface area contributed by atoms with Crippen molar-refractivity contribution in [3.63, 3.8) is 0 Å². The second-order valence-corrected chi connectivity index (χ2v) is 10.3. The summed E-state index contributed by atoms with van der Waals surface area (Å²) in [6.07, 6.45) is 0. The third kappa shape index (κ3) is 5.77. The Bertz CT molecular complexity index is 1360. The molecular weight excluding hydrogens is 511 g/mol. The minimum Gasteiger partial charge on any atom is -0.465 e. The van der Waals surface area contributed by atoms with Crippen LogP contribution < -0.4 is 4.72 Å². The topological polar surface area (TPSA) is 116 Å². The summed E-state index contributed by atoms with van der Waals surface area (Å²) in [7, 11) is -3.08. The largest absolute Gasteiger partial charge is 0.465 e. The van der Waals surface area contributed by atoms with Crippen LogP contribution in [0, 0.1) is 17.0 Å². The molecule has 3 aromatic rings. The first-order chi connectivity index (χ1) is 15.5. The van der Waals surface area contributed by atoms with E-state index in [0.29, 0.717) is 9.92 Å². The minimum absolute atomic E-state index is 0.00985. The molecule has 0 aliphatic rings. The van der Waals surface area contributed by atoms with Gasteiger partial charge in [-0.1, -0.05) is 46.6 Å². The molecule has 0 saturated carbocycles. The first-order valence-corrected chi connectivity index (χ1v) is 12.2. The SMILES string of the molecule is COC(=O)c1cc(C)ccc1NS(=O)(=O)c1ccc(Sc2ccc(Cl)c(Cl)c2)c([N+](=O)[O-])c1. The maximum Gasteiger partial charge on any atom is 0.340 e. The predicted molar refractivity (Wildman–Crippen MR) is 127 cm³/mol. The standard InChI is InChI=1S/C21H16Cl2N2O6S2/c1-12-3-7-18(15(9-12)21(26)31-2)24-33(29,30)14-5-8-20(19(11-14)25(27)28)32-13-4-6-16(22)17(23)10-13/h3-11,24H,1-2H3. The van der Waals surface area contributed by atoms with Crippen LogP contribution in [0.25, 0.3) is 0 Å². The Kier molecular flexibility index (Phi) is 7.53. The summed E-state index contributed by atoms with van der Waals surface area (Å²) in [5, 5.41) is 12.3. The minimum atomic E-state index is -4.26.